The van der Waals surface area contributed by atoms with Crippen molar-refractivity contribution in [1.82, 2.24) is 9.97 Å². The number of nitrogens with two attached hydrogens (primary N) is 2. The zero-order valence-electron chi connectivity index (χ0n) is 13.7. The third-order valence-corrected chi connectivity index (χ3v) is 4.88. The minimum absolute atomic E-state index is 0.0467. The van der Waals surface area contributed by atoms with Crippen LogP contribution >= 0.6 is 0 Å². The minimum atomic E-state index is -0.0467. The van der Waals surface area contributed by atoms with Gasteiger partial charge in [-0.15, -0.1) is 0 Å². The van der Waals surface area contributed by atoms with E-state index < -0.39 is 0 Å². The normalized spacial score (nSPS) is 21.0. The molecule has 1 heterocycles. The van der Waals surface area contributed by atoms with Crippen molar-refractivity contribution in [3.05, 3.63) is 42.1 Å². The predicted molar refractivity (Wildman–Crippen MR) is 96.3 cm³/mol. The van der Waals surface area contributed by atoms with Crippen molar-refractivity contribution in [3.63, 3.8) is 0 Å². The van der Waals surface area contributed by atoms with E-state index in [-0.39, 0.29) is 18.6 Å². The molecule has 1 unspecified atom stereocenters. The Kier molecular flexibility index (Phi) is 5.15. The van der Waals surface area contributed by atoms with E-state index in [0.717, 1.165) is 25.2 Å². The van der Waals surface area contributed by atoms with Gasteiger partial charge in [0, 0.05) is 0 Å². The molecule has 0 aliphatic heterocycles. The smallest absolute Gasteiger partial charge is 0.222 e. The van der Waals surface area contributed by atoms with E-state index in [1.165, 1.54) is 18.2 Å². The molecule has 1 aromatic heterocycles. The molecule has 24 heavy (non-hydrogen) atoms. The fraction of sp³-hybridized carbons (Fsp3) is 0.444. The van der Waals surface area contributed by atoms with Crippen LogP contribution < -0.4 is 16.8 Å². The van der Waals surface area contributed by atoms with Gasteiger partial charge < -0.3 is 21.9 Å². The van der Waals surface area contributed by atoms with Crippen molar-refractivity contribution in [2.24, 2.45) is 11.8 Å². The highest BCUT2D eigenvalue weighted by Crippen LogP contribution is 2.40. The van der Waals surface area contributed by atoms with Crippen LogP contribution in [0, 0.1) is 11.8 Å². The summed E-state index contributed by atoms with van der Waals surface area (Å²) in [4.78, 5) is 7.97. The van der Waals surface area contributed by atoms with Gasteiger partial charge in [0.15, 0.2) is 5.82 Å². The number of benzene rings is 1. The Hall–Kier alpha value is -2.34. The van der Waals surface area contributed by atoms with Gasteiger partial charge in [0.05, 0.1) is 24.5 Å². The molecule has 0 radical (unpaired) electrons. The van der Waals surface area contributed by atoms with Gasteiger partial charge in [-0.25, -0.2) is 4.98 Å². The van der Waals surface area contributed by atoms with Crippen LogP contribution in [0.25, 0.3) is 0 Å². The van der Waals surface area contributed by atoms with E-state index in [9.17, 15) is 5.11 Å². The molecule has 1 fully saturated rings. The number of nitrogens with zero attached hydrogens (tertiary/aromatic N) is 2. The number of hydrogen-bond acceptors (Lipinski definition) is 6. The molecule has 1 atom stereocenters. The Labute approximate surface area is 142 Å². The Balaban J connectivity index is 1.49. The quantitative estimate of drug-likeness (QED) is 0.620. The van der Waals surface area contributed by atoms with Crippen LogP contribution in [0.2, 0.25) is 0 Å². The van der Waals surface area contributed by atoms with E-state index >= 15 is 0 Å². The fourth-order valence-electron chi connectivity index (χ4n) is 3.38. The van der Waals surface area contributed by atoms with Crippen LogP contribution in [0.5, 0.6) is 0 Å². The summed E-state index contributed by atoms with van der Waals surface area (Å²) in [5.41, 5.74) is 13.3. The molecule has 0 bridgehead atoms. The molecule has 1 saturated carbocycles. The molecule has 3 rings (SSSR count). The zero-order valence-corrected chi connectivity index (χ0v) is 13.7. The number of aromatic nitrogens is 2. The molecule has 6 N–H and O–H groups in total. The van der Waals surface area contributed by atoms with Gasteiger partial charge in [-0.1, -0.05) is 30.3 Å². The molecule has 128 valence electrons. The summed E-state index contributed by atoms with van der Waals surface area (Å²) in [7, 11) is 0. The van der Waals surface area contributed by atoms with E-state index in [0.29, 0.717) is 17.4 Å². The molecular weight excluding hydrogens is 302 g/mol. The number of rotatable bonds is 7. The Morgan fingerprint density at radius 2 is 1.96 bits per heavy atom. The molecule has 1 aliphatic carbocycles. The molecule has 0 spiro atoms. The number of nitrogen functional groups attached to an aromatic ring is 2. The molecular formula is C18H25N5O. The van der Waals surface area contributed by atoms with Crippen LogP contribution in [0.4, 0.5) is 17.5 Å². The Morgan fingerprint density at radius 3 is 2.67 bits per heavy atom. The van der Waals surface area contributed by atoms with Crippen molar-refractivity contribution in [3.8, 4) is 0 Å². The highest BCUT2D eigenvalue weighted by molar-refractivity contribution is 5.61. The van der Waals surface area contributed by atoms with Crippen molar-refractivity contribution in [2.45, 2.75) is 31.7 Å². The summed E-state index contributed by atoms with van der Waals surface area (Å²) in [6.45, 7) is 0.0550. The van der Waals surface area contributed by atoms with Gasteiger partial charge in [0.25, 0.3) is 0 Å². The minimum Gasteiger partial charge on any atom is -0.394 e. The van der Waals surface area contributed by atoms with Crippen LogP contribution in [-0.2, 0) is 6.42 Å². The Bertz CT molecular complexity index is 658. The molecule has 2 aromatic rings. The first kappa shape index (κ1) is 16.5. The van der Waals surface area contributed by atoms with E-state index in [1.807, 2.05) is 6.07 Å². The number of aliphatic hydroxyl groups is 1. The maximum absolute atomic E-state index is 9.70. The average molecular weight is 327 g/mol. The number of nitrogens with one attached hydrogen (secondary N) is 1. The first-order valence-electron chi connectivity index (χ1n) is 8.45. The van der Waals surface area contributed by atoms with Crippen molar-refractivity contribution in [2.75, 3.05) is 23.4 Å². The summed E-state index contributed by atoms with van der Waals surface area (Å²) in [5, 5.41) is 12.9. The second-order valence-electron chi connectivity index (χ2n) is 6.59. The maximum Gasteiger partial charge on any atom is 0.222 e. The molecule has 0 amide bonds. The summed E-state index contributed by atoms with van der Waals surface area (Å²) < 4.78 is 0. The first-order chi connectivity index (χ1) is 11.7. The highest BCUT2D eigenvalue weighted by Gasteiger charge is 2.34. The van der Waals surface area contributed by atoms with Crippen LogP contribution in [0.15, 0.2) is 36.5 Å². The van der Waals surface area contributed by atoms with Gasteiger partial charge >= 0.3 is 0 Å². The second kappa shape index (κ2) is 7.49. The lowest BCUT2D eigenvalue weighted by Crippen LogP contribution is -2.41. The predicted octanol–water partition coefficient (Wildman–Crippen LogP) is 2.07. The highest BCUT2D eigenvalue weighted by atomic mass is 16.3. The number of anilines is 3. The molecule has 1 aliphatic rings. The van der Waals surface area contributed by atoms with E-state index in [2.05, 4.69) is 39.6 Å². The van der Waals surface area contributed by atoms with Gasteiger partial charge in [0.2, 0.25) is 5.95 Å². The SMILES string of the molecule is Nc1ncc(N)c(NC(CO)C2CC(CCc3ccccc3)C2)n1. The van der Waals surface area contributed by atoms with Crippen molar-refractivity contribution >= 4 is 17.5 Å². The summed E-state index contributed by atoms with van der Waals surface area (Å²) in [6.07, 6.45) is 6.03. The lowest BCUT2D eigenvalue weighted by Gasteiger charge is -2.40. The summed E-state index contributed by atoms with van der Waals surface area (Å²) in [5.74, 6) is 1.84. The standard InChI is InChI=1S/C18H25N5O/c19-15-10-21-18(20)23-17(15)22-16(11-24)14-8-13(9-14)7-6-12-4-2-1-3-5-12/h1-5,10,13-14,16,24H,6-9,11,19H2,(H3,20,21,22,23). The lowest BCUT2D eigenvalue weighted by molar-refractivity contribution is 0.124. The summed E-state index contributed by atoms with van der Waals surface area (Å²) in [6, 6.07) is 10.5. The second-order valence-corrected chi connectivity index (χ2v) is 6.59. The summed E-state index contributed by atoms with van der Waals surface area (Å²) >= 11 is 0. The topological polar surface area (TPSA) is 110 Å². The maximum atomic E-state index is 9.70. The van der Waals surface area contributed by atoms with Gasteiger partial charge in [-0.05, 0) is 43.1 Å². The molecule has 6 nitrogen and oxygen atoms in total. The van der Waals surface area contributed by atoms with Crippen LogP contribution in [0.1, 0.15) is 24.8 Å². The third-order valence-electron chi connectivity index (χ3n) is 4.88. The van der Waals surface area contributed by atoms with Crippen molar-refractivity contribution < 1.29 is 5.11 Å². The van der Waals surface area contributed by atoms with Gasteiger partial charge in [0.1, 0.15) is 0 Å². The first-order valence-corrected chi connectivity index (χ1v) is 8.45. The van der Waals surface area contributed by atoms with Crippen LogP contribution in [-0.4, -0.2) is 27.7 Å². The molecule has 6 heteroatoms. The number of hydrogen-bond donors (Lipinski definition) is 4. The zero-order chi connectivity index (χ0) is 16.9. The largest absolute Gasteiger partial charge is 0.394 e. The lowest BCUT2D eigenvalue weighted by atomic mass is 9.69. The van der Waals surface area contributed by atoms with E-state index in [1.54, 1.807) is 0 Å². The number of aryl methyl sites for hydroxylation is 1. The fourth-order valence-corrected chi connectivity index (χ4v) is 3.38. The van der Waals surface area contributed by atoms with Gasteiger partial charge in [-0.2, -0.15) is 4.98 Å². The third kappa shape index (κ3) is 3.94. The van der Waals surface area contributed by atoms with Crippen LogP contribution in [0.3, 0.4) is 0 Å². The van der Waals surface area contributed by atoms with E-state index in [4.69, 9.17) is 11.5 Å². The Morgan fingerprint density at radius 1 is 1.21 bits per heavy atom. The van der Waals surface area contributed by atoms with Crippen molar-refractivity contribution in [1.29, 1.82) is 0 Å². The van der Waals surface area contributed by atoms with Gasteiger partial charge in [-0.3, -0.25) is 0 Å². The average Bonchev–Trinajstić information content (AvgIpc) is 2.56. The monoisotopic (exact) mass is 327 g/mol. The number of aliphatic hydroxyl groups excluding tert-OH is 1. The molecule has 1 aromatic carbocycles. The molecule has 0 saturated heterocycles.